The number of rotatable bonds is 4. The molecule has 2 fully saturated rings. The van der Waals surface area contributed by atoms with Crippen LogP contribution in [0.5, 0.6) is 0 Å². The lowest BCUT2D eigenvalue weighted by Crippen LogP contribution is -2.45. The standard InChI is InChI=1S/C23H26N6O2/c30-23-17(5-6-19-18-9-15(10-25-12-18)13-29(19)23)14-28-8-2-4-20(28)22-26-21(27-31-22)16-3-1-7-24-11-16/h1,3,5-7,11,15,18,20,25H,2,4,8-10,12-14H2/t15-,18+,20-/m0/s1. The van der Waals surface area contributed by atoms with E-state index in [2.05, 4.69) is 31.4 Å². The van der Waals surface area contributed by atoms with Crippen molar-refractivity contribution in [2.45, 2.75) is 44.3 Å². The first-order valence-corrected chi connectivity index (χ1v) is 11.2. The maximum atomic E-state index is 13.3. The second-order valence-electron chi connectivity index (χ2n) is 8.98. The van der Waals surface area contributed by atoms with Crippen molar-refractivity contribution in [1.82, 2.24) is 29.9 Å². The van der Waals surface area contributed by atoms with Crippen LogP contribution in [-0.2, 0) is 13.1 Å². The highest BCUT2D eigenvalue weighted by atomic mass is 16.5. The minimum absolute atomic E-state index is 0.0435. The molecule has 0 spiro atoms. The van der Waals surface area contributed by atoms with Crippen molar-refractivity contribution in [2.75, 3.05) is 19.6 Å². The van der Waals surface area contributed by atoms with Crippen LogP contribution in [-0.4, -0.2) is 44.2 Å². The maximum absolute atomic E-state index is 13.3. The molecule has 160 valence electrons. The Labute approximate surface area is 180 Å². The van der Waals surface area contributed by atoms with Crippen molar-refractivity contribution in [3.05, 3.63) is 64.2 Å². The molecule has 0 radical (unpaired) electrons. The van der Waals surface area contributed by atoms with Crippen molar-refractivity contribution >= 4 is 0 Å². The molecule has 3 aromatic rings. The fraction of sp³-hybridized carbons (Fsp3) is 0.478. The summed E-state index contributed by atoms with van der Waals surface area (Å²) in [5.41, 5.74) is 3.06. The smallest absolute Gasteiger partial charge is 0.255 e. The van der Waals surface area contributed by atoms with Gasteiger partial charge in [-0.15, -0.1) is 0 Å². The minimum Gasteiger partial charge on any atom is -0.337 e. The molecule has 3 aliphatic rings. The molecule has 8 heteroatoms. The number of fused-ring (bicyclic) bond motifs is 4. The number of hydrogen-bond acceptors (Lipinski definition) is 7. The predicted octanol–water partition coefficient (Wildman–Crippen LogP) is 2.34. The molecule has 3 aromatic heterocycles. The van der Waals surface area contributed by atoms with Gasteiger partial charge in [-0.1, -0.05) is 11.2 Å². The van der Waals surface area contributed by atoms with Gasteiger partial charge in [0.15, 0.2) is 0 Å². The fourth-order valence-corrected chi connectivity index (χ4v) is 5.45. The van der Waals surface area contributed by atoms with Gasteiger partial charge in [0.05, 0.1) is 6.04 Å². The number of hydrogen-bond donors (Lipinski definition) is 1. The average molecular weight is 419 g/mol. The Morgan fingerprint density at radius 2 is 2.19 bits per heavy atom. The molecule has 31 heavy (non-hydrogen) atoms. The third kappa shape index (κ3) is 3.40. The lowest BCUT2D eigenvalue weighted by Gasteiger charge is -2.37. The molecule has 0 aromatic carbocycles. The van der Waals surface area contributed by atoms with Crippen LogP contribution < -0.4 is 10.9 Å². The molecule has 6 rings (SSSR count). The highest BCUT2D eigenvalue weighted by molar-refractivity contribution is 5.51. The Hall–Kier alpha value is -2.84. The van der Waals surface area contributed by atoms with E-state index in [1.54, 1.807) is 12.4 Å². The van der Waals surface area contributed by atoms with Crippen molar-refractivity contribution in [3.63, 3.8) is 0 Å². The van der Waals surface area contributed by atoms with E-state index < -0.39 is 0 Å². The number of pyridine rings is 2. The van der Waals surface area contributed by atoms with Crippen LogP contribution in [0.2, 0.25) is 0 Å². The summed E-state index contributed by atoms with van der Waals surface area (Å²) < 4.78 is 7.66. The fourth-order valence-electron chi connectivity index (χ4n) is 5.45. The molecule has 0 amide bonds. The van der Waals surface area contributed by atoms with Gasteiger partial charge >= 0.3 is 0 Å². The molecule has 0 aliphatic carbocycles. The van der Waals surface area contributed by atoms with Gasteiger partial charge in [0.1, 0.15) is 0 Å². The summed E-state index contributed by atoms with van der Waals surface area (Å²) in [5.74, 6) is 2.19. The second-order valence-corrected chi connectivity index (χ2v) is 8.98. The zero-order chi connectivity index (χ0) is 20.8. The Morgan fingerprint density at radius 1 is 1.23 bits per heavy atom. The van der Waals surface area contributed by atoms with Crippen molar-refractivity contribution in [1.29, 1.82) is 0 Å². The number of aromatic nitrogens is 4. The predicted molar refractivity (Wildman–Crippen MR) is 114 cm³/mol. The molecular weight excluding hydrogens is 392 g/mol. The van der Waals surface area contributed by atoms with E-state index in [-0.39, 0.29) is 11.6 Å². The third-order valence-corrected chi connectivity index (χ3v) is 6.97. The Bertz CT molecular complexity index is 1140. The van der Waals surface area contributed by atoms with E-state index >= 15 is 0 Å². The Morgan fingerprint density at radius 3 is 3.10 bits per heavy atom. The number of nitrogens with one attached hydrogen (secondary N) is 1. The van der Waals surface area contributed by atoms with Crippen LogP contribution in [0.15, 0.2) is 46.0 Å². The number of nitrogens with zero attached hydrogens (tertiary/aromatic N) is 5. The van der Waals surface area contributed by atoms with Crippen LogP contribution in [0.25, 0.3) is 11.4 Å². The van der Waals surface area contributed by atoms with Gasteiger partial charge in [-0.3, -0.25) is 14.7 Å². The average Bonchev–Trinajstić information content (AvgIpc) is 3.46. The molecule has 3 atom stereocenters. The lowest BCUT2D eigenvalue weighted by molar-refractivity contribution is 0.199. The molecule has 2 bridgehead atoms. The van der Waals surface area contributed by atoms with Crippen LogP contribution in [0.1, 0.15) is 48.4 Å². The Kier molecular flexibility index (Phi) is 4.69. The summed E-state index contributed by atoms with van der Waals surface area (Å²) in [6.45, 7) is 4.35. The highest BCUT2D eigenvalue weighted by Gasteiger charge is 2.34. The zero-order valence-corrected chi connectivity index (χ0v) is 17.4. The SMILES string of the molecule is O=c1c(CN2CCC[C@H]2c2nc(-c3cccnc3)no2)ccc2n1C[C@@H]1CNC[C@H]2C1. The summed E-state index contributed by atoms with van der Waals surface area (Å²) in [6, 6.07) is 8.03. The Balaban J connectivity index is 1.25. The minimum atomic E-state index is 0.0435. The summed E-state index contributed by atoms with van der Waals surface area (Å²) in [7, 11) is 0. The third-order valence-electron chi connectivity index (χ3n) is 6.97. The van der Waals surface area contributed by atoms with Crippen LogP contribution in [0.4, 0.5) is 0 Å². The number of piperidine rings is 1. The van der Waals surface area contributed by atoms with Crippen LogP contribution >= 0.6 is 0 Å². The lowest BCUT2D eigenvalue weighted by atomic mass is 9.84. The summed E-state index contributed by atoms with van der Waals surface area (Å²) in [5, 5.41) is 7.66. The monoisotopic (exact) mass is 418 g/mol. The van der Waals surface area contributed by atoms with Crippen molar-refractivity contribution < 1.29 is 4.52 Å². The topological polar surface area (TPSA) is 89.1 Å². The highest BCUT2D eigenvalue weighted by Crippen LogP contribution is 2.34. The zero-order valence-electron chi connectivity index (χ0n) is 17.4. The normalized spacial score (nSPS) is 25.5. The van der Waals surface area contributed by atoms with Gasteiger partial charge < -0.3 is 14.4 Å². The van der Waals surface area contributed by atoms with Gasteiger partial charge in [-0.25, -0.2) is 0 Å². The largest absolute Gasteiger partial charge is 0.337 e. The van der Waals surface area contributed by atoms with Gasteiger partial charge in [0, 0.05) is 54.8 Å². The second kappa shape index (κ2) is 7.69. The van der Waals surface area contributed by atoms with E-state index in [1.165, 1.54) is 12.1 Å². The van der Waals surface area contributed by atoms with Crippen molar-refractivity contribution in [2.24, 2.45) is 5.92 Å². The van der Waals surface area contributed by atoms with Gasteiger partial charge in [0.2, 0.25) is 11.7 Å². The van der Waals surface area contributed by atoms with Gasteiger partial charge in [-0.05, 0) is 56.5 Å². The van der Waals surface area contributed by atoms with Gasteiger partial charge in [-0.2, -0.15) is 4.98 Å². The van der Waals surface area contributed by atoms with E-state index in [9.17, 15) is 4.79 Å². The molecular formula is C23H26N6O2. The van der Waals surface area contributed by atoms with E-state index in [0.29, 0.717) is 30.1 Å². The molecule has 8 nitrogen and oxygen atoms in total. The molecule has 3 aliphatic heterocycles. The van der Waals surface area contributed by atoms with E-state index in [1.807, 2.05) is 22.8 Å². The van der Waals surface area contributed by atoms with Crippen molar-refractivity contribution in [3.8, 4) is 11.4 Å². The summed E-state index contributed by atoms with van der Waals surface area (Å²) >= 11 is 0. The van der Waals surface area contributed by atoms with E-state index in [4.69, 9.17) is 4.52 Å². The van der Waals surface area contributed by atoms with Crippen LogP contribution in [0, 0.1) is 5.92 Å². The summed E-state index contributed by atoms with van der Waals surface area (Å²) in [6.07, 6.45) is 6.66. The first kappa shape index (κ1) is 18.9. The molecule has 1 N–H and O–H groups in total. The number of likely N-dealkylation sites (tertiary alicyclic amines) is 1. The maximum Gasteiger partial charge on any atom is 0.255 e. The molecule has 6 heterocycles. The molecule has 0 saturated carbocycles. The first-order chi connectivity index (χ1) is 15.3. The first-order valence-electron chi connectivity index (χ1n) is 11.2. The quantitative estimate of drug-likeness (QED) is 0.696. The van der Waals surface area contributed by atoms with Crippen LogP contribution in [0.3, 0.4) is 0 Å². The van der Waals surface area contributed by atoms with E-state index in [0.717, 1.165) is 50.1 Å². The summed E-state index contributed by atoms with van der Waals surface area (Å²) in [4.78, 5) is 24.4. The molecule has 0 unspecified atom stereocenters. The van der Waals surface area contributed by atoms with Gasteiger partial charge in [0.25, 0.3) is 5.56 Å². The molecule has 2 saturated heterocycles.